The van der Waals surface area contributed by atoms with Crippen LogP contribution in [-0.4, -0.2) is 28.9 Å². The topological polar surface area (TPSA) is 108 Å². The first kappa shape index (κ1) is 21.4. The van der Waals surface area contributed by atoms with Crippen molar-refractivity contribution in [2.45, 2.75) is 12.5 Å². The molecule has 30 heavy (non-hydrogen) atoms. The standard InChI is InChI=1S/C21H18ClN3O4S/c22-14-8-9-17(26)15(12-14)19(27)24-25-20(28)16(11-13-5-2-1-3-6-13)23-21(29)18-7-4-10-30-18/h1-10,12,16,26H,11H2,(H,23,29)(H,24,27)(H,25,28)/t16-/m0/s1. The van der Waals surface area contributed by atoms with E-state index < -0.39 is 17.9 Å². The van der Waals surface area contributed by atoms with Gasteiger partial charge in [-0.2, -0.15) is 0 Å². The summed E-state index contributed by atoms with van der Waals surface area (Å²) < 4.78 is 0. The predicted octanol–water partition coefficient (Wildman–Crippen LogP) is 2.91. The third-order valence-electron chi connectivity index (χ3n) is 4.15. The highest BCUT2D eigenvalue weighted by molar-refractivity contribution is 7.12. The number of aromatic hydroxyl groups is 1. The molecule has 0 fully saturated rings. The number of phenolic OH excluding ortho intramolecular Hbond substituents is 1. The molecule has 3 rings (SSSR count). The number of phenols is 1. The fourth-order valence-electron chi connectivity index (χ4n) is 2.66. The smallest absolute Gasteiger partial charge is 0.273 e. The molecule has 3 amide bonds. The number of halogens is 1. The maximum Gasteiger partial charge on any atom is 0.273 e. The highest BCUT2D eigenvalue weighted by Crippen LogP contribution is 2.21. The minimum Gasteiger partial charge on any atom is -0.507 e. The highest BCUT2D eigenvalue weighted by atomic mass is 35.5. The number of thiophene rings is 1. The summed E-state index contributed by atoms with van der Waals surface area (Å²) in [6.45, 7) is 0. The van der Waals surface area contributed by atoms with E-state index in [-0.39, 0.29) is 28.7 Å². The number of nitrogens with one attached hydrogen (secondary N) is 3. The molecule has 0 aliphatic heterocycles. The SMILES string of the molecule is O=C(N[C@@H](Cc1ccccc1)C(=O)NNC(=O)c1cc(Cl)ccc1O)c1cccs1. The fourth-order valence-corrected chi connectivity index (χ4v) is 3.46. The molecule has 4 N–H and O–H groups in total. The van der Waals surface area contributed by atoms with Crippen LogP contribution in [0.2, 0.25) is 5.02 Å². The highest BCUT2D eigenvalue weighted by Gasteiger charge is 2.23. The number of hydrogen-bond donors (Lipinski definition) is 4. The Morgan fingerprint density at radius 2 is 1.73 bits per heavy atom. The molecule has 1 aromatic heterocycles. The molecule has 0 radical (unpaired) electrons. The van der Waals surface area contributed by atoms with Gasteiger partial charge in [0.25, 0.3) is 17.7 Å². The van der Waals surface area contributed by atoms with Gasteiger partial charge in [0, 0.05) is 11.4 Å². The van der Waals surface area contributed by atoms with Crippen LogP contribution < -0.4 is 16.2 Å². The largest absolute Gasteiger partial charge is 0.507 e. The zero-order chi connectivity index (χ0) is 21.5. The lowest BCUT2D eigenvalue weighted by atomic mass is 10.1. The molecule has 1 heterocycles. The van der Waals surface area contributed by atoms with Crippen molar-refractivity contribution in [1.82, 2.24) is 16.2 Å². The van der Waals surface area contributed by atoms with Crippen molar-refractivity contribution in [2.24, 2.45) is 0 Å². The quantitative estimate of drug-likeness (QED) is 0.439. The van der Waals surface area contributed by atoms with Gasteiger partial charge >= 0.3 is 0 Å². The van der Waals surface area contributed by atoms with Gasteiger partial charge in [-0.3, -0.25) is 25.2 Å². The molecule has 0 bridgehead atoms. The monoisotopic (exact) mass is 443 g/mol. The summed E-state index contributed by atoms with van der Waals surface area (Å²) in [5, 5.41) is 14.5. The number of carbonyl (C=O) groups excluding carboxylic acids is 3. The minimum atomic E-state index is -0.935. The van der Waals surface area contributed by atoms with Gasteiger partial charge in [-0.25, -0.2) is 0 Å². The molecule has 0 aliphatic rings. The van der Waals surface area contributed by atoms with Crippen LogP contribution in [0.1, 0.15) is 25.6 Å². The van der Waals surface area contributed by atoms with E-state index in [9.17, 15) is 19.5 Å². The van der Waals surface area contributed by atoms with Gasteiger partial charge in [-0.1, -0.05) is 48.0 Å². The van der Waals surface area contributed by atoms with Gasteiger partial charge in [0.05, 0.1) is 10.4 Å². The van der Waals surface area contributed by atoms with E-state index in [0.29, 0.717) is 4.88 Å². The Morgan fingerprint density at radius 3 is 2.43 bits per heavy atom. The van der Waals surface area contributed by atoms with E-state index in [4.69, 9.17) is 11.6 Å². The van der Waals surface area contributed by atoms with E-state index in [2.05, 4.69) is 16.2 Å². The lowest BCUT2D eigenvalue weighted by Gasteiger charge is -2.19. The van der Waals surface area contributed by atoms with Crippen LogP contribution in [0.15, 0.2) is 66.0 Å². The van der Waals surface area contributed by atoms with Gasteiger partial charge in [0.2, 0.25) is 0 Å². The van der Waals surface area contributed by atoms with E-state index in [1.54, 1.807) is 17.5 Å². The Hall–Kier alpha value is -3.36. The molecule has 154 valence electrons. The summed E-state index contributed by atoms with van der Waals surface area (Å²) in [6.07, 6.45) is 0.224. The third-order valence-corrected chi connectivity index (χ3v) is 5.26. The first-order chi connectivity index (χ1) is 14.4. The molecule has 0 saturated heterocycles. The van der Waals surface area contributed by atoms with Crippen LogP contribution in [-0.2, 0) is 11.2 Å². The molecule has 3 aromatic rings. The molecule has 9 heteroatoms. The zero-order valence-electron chi connectivity index (χ0n) is 15.6. The van der Waals surface area contributed by atoms with Crippen LogP contribution in [0, 0.1) is 0 Å². The number of hydrazine groups is 1. The number of benzene rings is 2. The van der Waals surface area contributed by atoms with E-state index in [0.717, 1.165) is 5.56 Å². The van der Waals surface area contributed by atoms with E-state index in [1.165, 1.54) is 29.5 Å². The molecule has 1 atom stereocenters. The minimum absolute atomic E-state index is 0.0926. The fraction of sp³-hybridized carbons (Fsp3) is 0.0952. The Balaban J connectivity index is 1.70. The van der Waals surface area contributed by atoms with Crippen LogP contribution in [0.25, 0.3) is 0 Å². The Kier molecular flexibility index (Phi) is 7.05. The summed E-state index contributed by atoms with van der Waals surface area (Å²) in [5.74, 6) is -2.03. The second-order valence-electron chi connectivity index (χ2n) is 6.30. The van der Waals surface area contributed by atoms with Crippen molar-refractivity contribution in [3.05, 3.63) is 87.1 Å². The molecule has 0 unspecified atom stereocenters. The molecular weight excluding hydrogens is 426 g/mol. The average Bonchev–Trinajstić information content (AvgIpc) is 3.29. The Morgan fingerprint density at radius 1 is 0.967 bits per heavy atom. The lowest BCUT2D eigenvalue weighted by Crippen LogP contribution is -2.53. The van der Waals surface area contributed by atoms with Crippen molar-refractivity contribution in [3.8, 4) is 5.75 Å². The maximum absolute atomic E-state index is 12.7. The van der Waals surface area contributed by atoms with Crippen molar-refractivity contribution in [3.63, 3.8) is 0 Å². The van der Waals surface area contributed by atoms with Crippen LogP contribution in [0.5, 0.6) is 5.75 Å². The zero-order valence-corrected chi connectivity index (χ0v) is 17.2. The van der Waals surface area contributed by atoms with Crippen molar-refractivity contribution in [1.29, 1.82) is 0 Å². The summed E-state index contributed by atoms with van der Waals surface area (Å²) in [4.78, 5) is 37.9. The number of hydrogen-bond acceptors (Lipinski definition) is 5. The van der Waals surface area contributed by atoms with Gasteiger partial charge in [-0.05, 0) is 35.2 Å². The Bertz CT molecular complexity index is 1040. The average molecular weight is 444 g/mol. The Labute approximate surface area is 181 Å². The maximum atomic E-state index is 12.7. The van der Waals surface area contributed by atoms with Crippen LogP contribution in [0.3, 0.4) is 0 Å². The van der Waals surface area contributed by atoms with Gasteiger partial charge in [-0.15, -0.1) is 11.3 Å². The molecule has 7 nitrogen and oxygen atoms in total. The number of rotatable bonds is 6. The number of carbonyl (C=O) groups is 3. The molecule has 0 spiro atoms. The summed E-state index contributed by atoms with van der Waals surface area (Å²) in [6, 6.07) is 15.6. The van der Waals surface area contributed by atoms with Crippen molar-refractivity contribution >= 4 is 40.7 Å². The molecule has 2 aromatic carbocycles. The van der Waals surface area contributed by atoms with Crippen molar-refractivity contribution < 1.29 is 19.5 Å². The summed E-state index contributed by atoms with van der Waals surface area (Å²) in [7, 11) is 0. The summed E-state index contributed by atoms with van der Waals surface area (Å²) >= 11 is 7.10. The second kappa shape index (κ2) is 9.91. The van der Waals surface area contributed by atoms with E-state index >= 15 is 0 Å². The second-order valence-corrected chi connectivity index (χ2v) is 7.68. The molecular formula is C21H18ClN3O4S. The third kappa shape index (κ3) is 5.59. The summed E-state index contributed by atoms with van der Waals surface area (Å²) in [5.41, 5.74) is 5.27. The van der Waals surface area contributed by atoms with Crippen LogP contribution in [0.4, 0.5) is 0 Å². The van der Waals surface area contributed by atoms with E-state index in [1.807, 2.05) is 30.3 Å². The normalized spacial score (nSPS) is 11.4. The molecule has 0 saturated carbocycles. The molecule has 0 aliphatic carbocycles. The van der Waals surface area contributed by atoms with Gasteiger partial charge in [0.1, 0.15) is 11.8 Å². The first-order valence-corrected chi connectivity index (χ1v) is 10.2. The van der Waals surface area contributed by atoms with Crippen LogP contribution >= 0.6 is 22.9 Å². The first-order valence-electron chi connectivity index (χ1n) is 8.91. The van der Waals surface area contributed by atoms with Crippen molar-refractivity contribution in [2.75, 3.05) is 0 Å². The number of amides is 3. The lowest BCUT2D eigenvalue weighted by molar-refractivity contribution is -0.123. The van der Waals surface area contributed by atoms with Gasteiger partial charge in [0.15, 0.2) is 0 Å². The predicted molar refractivity (Wildman–Crippen MR) is 114 cm³/mol. The van der Waals surface area contributed by atoms with Gasteiger partial charge < -0.3 is 10.4 Å².